The molecule has 3 aromatic carbocycles. The first-order valence-electron chi connectivity index (χ1n) is 12.9. The maximum atomic E-state index is 14.0. The van der Waals surface area contributed by atoms with Gasteiger partial charge in [-0.1, -0.05) is 12.1 Å². The molecule has 0 atom stereocenters. The maximum Gasteiger partial charge on any atom is 0.414 e. The summed E-state index contributed by atoms with van der Waals surface area (Å²) >= 11 is 0. The number of amides is 1. The van der Waals surface area contributed by atoms with Gasteiger partial charge in [0.05, 0.1) is 29.7 Å². The molecule has 0 bridgehead atoms. The van der Waals surface area contributed by atoms with Crippen LogP contribution in [-0.2, 0) is 11.2 Å². The molecule has 6 rings (SSSR count). The molecule has 1 saturated heterocycles. The Kier molecular flexibility index (Phi) is 6.81. The van der Waals surface area contributed by atoms with Crippen LogP contribution in [0.3, 0.4) is 0 Å². The number of halogens is 3. The first kappa shape index (κ1) is 26.9. The molecule has 0 saturated carbocycles. The molecule has 0 spiro atoms. The van der Waals surface area contributed by atoms with E-state index >= 15 is 0 Å². The topological polar surface area (TPSA) is 109 Å². The molecule has 0 radical (unpaired) electrons. The van der Waals surface area contributed by atoms with Gasteiger partial charge in [-0.3, -0.25) is 9.69 Å². The molecular formula is C30H23F3N4O5. The summed E-state index contributed by atoms with van der Waals surface area (Å²) in [5.74, 6) is -0.473. The molecule has 2 aliphatic rings. The number of nitrogen functional groups attached to an aromatic ring is 1. The Bertz CT molecular complexity index is 1770. The standard InChI is InChI=1S/C30H23F3N4O5/c1-16-10-20(41-25-5-3-2-4-22(25)31)6-7-23(16)37-28(34)21(15-35-37)27(38)19-11-17-13-24(36-8-9-40-30(36)39)26(42-29(32)33)14-18(17)12-19/h2-7,10,12-15,29H,8-9,11,34H2,1H3. The van der Waals surface area contributed by atoms with Crippen molar-refractivity contribution in [1.82, 2.24) is 9.78 Å². The lowest BCUT2D eigenvalue weighted by Crippen LogP contribution is -2.24. The Hall–Kier alpha value is -5.26. The zero-order valence-electron chi connectivity index (χ0n) is 22.1. The molecule has 1 fully saturated rings. The maximum absolute atomic E-state index is 14.0. The van der Waals surface area contributed by atoms with E-state index in [1.54, 1.807) is 49.4 Å². The molecule has 4 aromatic rings. The number of carbonyl (C=O) groups excluding carboxylic acids is 2. The number of fused-ring (bicyclic) bond motifs is 1. The fraction of sp³-hybridized carbons (Fsp3) is 0.167. The third-order valence-corrected chi connectivity index (χ3v) is 7.00. The second kappa shape index (κ2) is 10.6. The third kappa shape index (κ3) is 4.91. The van der Waals surface area contributed by atoms with Crippen molar-refractivity contribution in [2.24, 2.45) is 0 Å². The molecule has 42 heavy (non-hydrogen) atoms. The van der Waals surface area contributed by atoms with Crippen LogP contribution in [0.2, 0.25) is 0 Å². The van der Waals surface area contributed by atoms with Gasteiger partial charge in [-0.25, -0.2) is 13.9 Å². The Morgan fingerprint density at radius 3 is 2.62 bits per heavy atom. The molecule has 2 heterocycles. The molecular weight excluding hydrogens is 553 g/mol. The summed E-state index contributed by atoms with van der Waals surface area (Å²) < 4.78 is 57.0. The number of ketones is 1. The monoisotopic (exact) mass is 576 g/mol. The fourth-order valence-electron chi connectivity index (χ4n) is 5.00. The first-order valence-corrected chi connectivity index (χ1v) is 12.9. The summed E-state index contributed by atoms with van der Waals surface area (Å²) in [5.41, 5.74) is 9.51. The van der Waals surface area contributed by atoms with Gasteiger partial charge >= 0.3 is 12.7 Å². The van der Waals surface area contributed by atoms with E-state index in [0.717, 1.165) is 0 Å². The van der Waals surface area contributed by atoms with Crippen LogP contribution < -0.4 is 20.1 Å². The van der Waals surface area contributed by atoms with Crippen LogP contribution in [0.4, 0.5) is 29.5 Å². The van der Waals surface area contributed by atoms with Crippen LogP contribution in [0.1, 0.15) is 27.0 Å². The molecule has 2 N–H and O–H groups in total. The van der Waals surface area contributed by atoms with Gasteiger partial charge in [0.1, 0.15) is 18.2 Å². The second-order valence-corrected chi connectivity index (χ2v) is 9.67. The normalized spacial score (nSPS) is 14.2. The fourth-order valence-corrected chi connectivity index (χ4v) is 5.00. The number of benzene rings is 3. The SMILES string of the molecule is Cc1cc(Oc2ccccc2F)ccc1-n1ncc(C(=O)C2=Cc3cc(OC(F)F)c(N4CCOC4=O)cc3C2)c1N. The number of nitrogens with zero attached hydrogens (tertiary/aromatic N) is 3. The van der Waals surface area contributed by atoms with Crippen LogP contribution in [0.25, 0.3) is 11.8 Å². The molecule has 0 unspecified atom stereocenters. The van der Waals surface area contributed by atoms with Crippen molar-refractivity contribution < 1.29 is 37.0 Å². The van der Waals surface area contributed by atoms with Crippen molar-refractivity contribution in [3.63, 3.8) is 0 Å². The number of aryl methyl sites for hydroxylation is 1. The van der Waals surface area contributed by atoms with E-state index in [0.29, 0.717) is 33.7 Å². The largest absolute Gasteiger partial charge is 0.454 e. The van der Waals surface area contributed by atoms with E-state index in [1.807, 2.05) is 0 Å². The van der Waals surface area contributed by atoms with E-state index in [9.17, 15) is 22.8 Å². The quantitative estimate of drug-likeness (QED) is 0.254. The number of alkyl halides is 2. The van der Waals surface area contributed by atoms with E-state index in [1.165, 1.54) is 34.0 Å². The summed E-state index contributed by atoms with van der Waals surface area (Å²) in [6.07, 6.45) is 2.46. The number of nitrogens with two attached hydrogens (primary N) is 1. The van der Waals surface area contributed by atoms with Crippen molar-refractivity contribution in [1.29, 1.82) is 0 Å². The number of aromatic nitrogens is 2. The van der Waals surface area contributed by atoms with Gasteiger partial charge in [-0.15, -0.1) is 0 Å². The number of Topliss-reactive ketones (excluding diaryl/α,β-unsaturated/α-hetero) is 1. The van der Waals surface area contributed by atoms with E-state index in [-0.39, 0.29) is 53.9 Å². The number of rotatable bonds is 8. The number of hydrogen-bond donors (Lipinski definition) is 1. The summed E-state index contributed by atoms with van der Waals surface area (Å²) in [7, 11) is 0. The molecule has 1 aromatic heterocycles. The first-order chi connectivity index (χ1) is 20.2. The molecule has 12 heteroatoms. The van der Waals surface area contributed by atoms with Gasteiger partial charge < -0.3 is 19.9 Å². The van der Waals surface area contributed by atoms with Crippen LogP contribution in [0.5, 0.6) is 17.2 Å². The smallest absolute Gasteiger partial charge is 0.414 e. The number of cyclic esters (lactones) is 1. The summed E-state index contributed by atoms with van der Waals surface area (Å²) in [4.78, 5) is 26.8. The van der Waals surface area contributed by atoms with Crippen molar-refractivity contribution in [2.45, 2.75) is 20.0 Å². The molecule has 214 valence electrons. The van der Waals surface area contributed by atoms with Gasteiger partial charge in [-0.2, -0.15) is 13.9 Å². The minimum Gasteiger partial charge on any atom is -0.454 e. The van der Waals surface area contributed by atoms with Crippen molar-refractivity contribution >= 4 is 29.5 Å². The Labute approximate surface area is 237 Å². The average molecular weight is 577 g/mol. The highest BCUT2D eigenvalue weighted by molar-refractivity contribution is 6.15. The zero-order chi connectivity index (χ0) is 29.5. The lowest BCUT2D eigenvalue weighted by atomic mass is 10.0. The molecule has 1 amide bonds. The number of anilines is 2. The van der Waals surface area contributed by atoms with Gasteiger partial charge in [0.15, 0.2) is 23.1 Å². The van der Waals surface area contributed by atoms with Gasteiger partial charge in [0.2, 0.25) is 0 Å². The highest BCUT2D eigenvalue weighted by Gasteiger charge is 2.31. The van der Waals surface area contributed by atoms with E-state index in [4.69, 9.17) is 15.2 Å². The zero-order valence-corrected chi connectivity index (χ0v) is 22.1. The van der Waals surface area contributed by atoms with Crippen LogP contribution in [-0.4, -0.2) is 41.4 Å². The minimum atomic E-state index is -3.11. The highest BCUT2D eigenvalue weighted by Crippen LogP contribution is 2.39. The van der Waals surface area contributed by atoms with Crippen LogP contribution >= 0.6 is 0 Å². The number of ether oxygens (including phenoxy) is 3. The van der Waals surface area contributed by atoms with Gasteiger partial charge in [0.25, 0.3) is 0 Å². The minimum absolute atomic E-state index is 0.0855. The van der Waals surface area contributed by atoms with Gasteiger partial charge in [-0.05, 0) is 72.2 Å². The van der Waals surface area contributed by atoms with Crippen molar-refractivity contribution in [2.75, 3.05) is 23.8 Å². The lowest BCUT2D eigenvalue weighted by Gasteiger charge is -2.19. The predicted molar refractivity (Wildman–Crippen MR) is 147 cm³/mol. The summed E-state index contributed by atoms with van der Waals surface area (Å²) in [6.45, 7) is -1.01. The van der Waals surface area contributed by atoms with E-state index in [2.05, 4.69) is 9.84 Å². The van der Waals surface area contributed by atoms with Crippen molar-refractivity contribution in [3.05, 3.63) is 94.4 Å². The molecule has 1 aliphatic heterocycles. The van der Waals surface area contributed by atoms with E-state index < -0.39 is 18.5 Å². The molecule has 9 nitrogen and oxygen atoms in total. The summed E-state index contributed by atoms with van der Waals surface area (Å²) in [6, 6.07) is 14.0. The lowest BCUT2D eigenvalue weighted by molar-refractivity contribution is -0.0495. The Balaban J connectivity index is 1.25. The number of carbonyl (C=O) groups is 2. The average Bonchev–Trinajstić information content (AvgIpc) is 3.67. The van der Waals surface area contributed by atoms with Crippen LogP contribution in [0.15, 0.2) is 66.4 Å². The summed E-state index contributed by atoms with van der Waals surface area (Å²) in [5, 5.41) is 4.32. The number of para-hydroxylation sites is 1. The highest BCUT2D eigenvalue weighted by atomic mass is 19.3. The number of hydrogen-bond acceptors (Lipinski definition) is 7. The molecule has 1 aliphatic carbocycles. The van der Waals surface area contributed by atoms with Gasteiger partial charge in [0, 0.05) is 12.0 Å². The van der Waals surface area contributed by atoms with Crippen molar-refractivity contribution in [3.8, 4) is 22.9 Å². The van der Waals surface area contributed by atoms with Crippen LogP contribution in [0, 0.1) is 12.7 Å². The Morgan fingerprint density at radius 1 is 1.10 bits per heavy atom. The Morgan fingerprint density at radius 2 is 1.90 bits per heavy atom. The number of allylic oxidation sites excluding steroid dienone is 1. The predicted octanol–water partition coefficient (Wildman–Crippen LogP) is 6.07. The third-order valence-electron chi connectivity index (χ3n) is 7.00. The second-order valence-electron chi connectivity index (χ2n) is 9.67.